The number of amides is 1. The fourth-order valence-electron chi connectivity index (χ4n) is 0.967. The van der Waals surface area contributed by atoms with E-state index in [0.717, 1.165) is 32.2 Å². The summed E-state index contributed by atoms with van der Waals surface area (Å²) in [6, 6.07) is 0. The second kappa shape index (κ2) is 7.98. The number of carbonyl (C=O) groups is 1. The highest BCUT2D eigenvalue weighted by Gasteiger charge is 1.97. The van der Waals surface area contributed by atoms with Crippen LogP contribution in [0.3, 0.4) is 0 Å². The van der Waals surface area contributed by atoms with Crippen LogP contribution in [0.5, 0.6) is 0 Å². The van der Waals surface area contributed by atoms with E-state index in [2.05, 4.69) is 5.32 Å². The quantitative estimate of drug-likeness (QED) is 0.484. The van der Waals surface area contributed by atoms with Gasteiger partial charge in [0.05, 0.1) is 4.99 Å². The molecule has 1 amide bonds. The van der Waals surface area contributed by atoms with Crippen molar-refractivity contribution in [2.75, 3.05) is 6.54 Å². The van der Waals surface area contributed by atoms with E-state index in [1.807, 2.05) is 6.92 Å². The van der Waals surface area contributed by atoms with Crippen molar-refractivity contribution in [1.82, 2.24) is 5.32 Å². The Morgan fingerprint density at radius 1 is 1.38 bits per heavy atom. The zero-order valence-corrected chi connectivity index (χ0v) is 8.95. The van der Waals surface area contributed by atoms with Crippen molar-refractivity contribution in [1.29, 1.82) is 0 Å². The van der Waals surface area contributed by atoms with Crippen LogP contribution in [0.25, 0.3) is 0 Å². The van der Waals surface area contributed by atoms with Crippen molar-refractivity contribution in [2.45, 2.75) is 39.0 Å². The monoisotopic (exact) mass is 202 g/mol. The van der Waals surface area contributed by atoms with Gasteiger partial charge in [-0.25, -0.2) is 0 Å². The van der Waals surface area contributed by atoms with E-state index in [1.54, 1.807) is 0 Å². The van der Waals surface area contributed by atoms with E-state index in [4.69, 9.17) is 18.0 Å². The van der Waals surface area contributed by atoms with Gasteiger partial charge in [-0.2, -0.15) is 0 Å². The third kappa shape index (κ3) is 9.27. The first-order valence-electron chi connectivity index (χ1n) is 4.71. The largest absolute Gasteiger partial charge is 0.393 e. The zero-order chi connectivity index (χ0) is 10.1. The lowest BCUT2D eigenvalue weighted by Gasteiger charge is -2.03. The van der Waals surface area contributed by atoms with Crippen molar-refractivity contribution < 1.29 is 4.79 Å². The van der Waals surface area contributed by atoms with E-state index < -0.39 is 0 Å². The van der Waals surface area contributed by atoms with Crippen molar-refractivity contribution in [3.05, 3.63) is 0 Å². The highest BCUT2D eigenvalue weighted by molar-refractivity contribution is 7.80. The molecule has 0 aliphatic heterocycles. The van der Waals surface area contributed by atoms with Crippen LogP contribution in [0.15, 0.2) is 0 Å². The standard InChI is InChI=1S/C9H18N2OS/c1-2-5-9(12)11-7-4-3-6-8(10)13/h2-7H2,1H3,(H2,10,13)(H,11,12). The van der Waals surface area contributed by atoms with Crippen molar-refractivity contribution >= 4 is 23.1 Å². The Balaban J connectivity index is 3.16. The van der Waals surface area contributed by atoms with E-state index in [-0.39, 0.29) is 5.91 Å². The fraction of sp³-hybridized carbons (Fsp3) is 0.778. The SMILES string of the molecule is CCCC(=O)NCCCCC(N)=S. The van der Waals surface area contributed by atoms with Crippen molar-refractivity contribution in [2.24, 2.45) is 5.73 Å². The number of hydrogen-bond donors (Lipinski definition) is 2. The molecule has 13 heavy (non-hydrogen) atoms. The first-order valence-corrected chi connectivity index (χ1v) is 5.12. The molecular formula is C9H18N2OS. The lowest BCUT2D eigenvalue weighted by molar-refractivity contribution is -0.121. The van der Waals surface area contributed by atoms with E-state index in [1.165, 1.54) is 0 Å². The molecule has 0 saturated heterocycles. The van der Waals surface area contributed by atoms with Gasteiger partial charge in [0.25, 0.3) is 0 Å². The predicted molar refractivity (Wildman–Crippen MR) is 58.6 cm³/mol. The minimum atomic E-state index is 0.137. The highest BCUT2D eigenvalue weighted by Crippen LogP contribution is 1.94. The van der Waals surface area contributed by atoms with Gasteiger partial charge in [-0.3, -0.25) is 4.79 Å². The molecule has 0 aromatic carbocycles. The first-order chi connectivity index (χ1) is 6.16. The minimum absolute atomic E-state index is 0.137. The normalized spacial score (nSPS) is 9.62. The maximum Gasteiger partial charge on any atom is 0.219 e. The van der Waals surface area contributed by atoms with E-state index >= 15 is 0 Å². The smallest absolute Gasteiger partial charge is 0.219 e. The Labute approximate surface area is 85.1 Å². The summed E-state index contributed by atoms with van der Waals surface area (Å²) < 4.78 is 0. The molecule has 76 valence electrons. The van der Waals surface area contributed by atoms with Gasteiger partial charge in [0.2, 0.25) is 5.91 Å². The van der Waals surface area contributed by atoms with Crippen LogP contribution in [0.1, 0.15) is 39.0 Å². The second-order valence-corrected chi connectivity index (χ2v) is 3.55. The molecule has 0 aliphatic carbocycles. The summed E-state index contributed by atoms with van der Waals surface area (Å²) in [6.07, 6.45) is 4.21. The van der Waals surface area contributed by atoms with Crippen LogP contribution < -0.4 is 11.1 Å². The molecule has 0 atom stereocenters. The Bertz CT molecular complexity index is 171. The summed E-state index contributed by atoms with van der Waals surface area (Å²) in [5.74, 6) is 0.137. The maximum atomic E-state index is 11.0. The molecule has 3 N–H and O–H groups in total. The van der Waals surface area contributed by atoms with Gasteiger partial charge >= 0.3 is 0 Å². The fourth-order valence-corrected chi connectivity index (χ4v) is 1.11. The number of nitrogens with two attached hydrogens (primary N) is 1. The number of rotatable bonds is 7. The van der Waals surface area contributed by atoms with Crippen LogP contribution >= 0.6 is 12.2 Å². The molecule has 0 rings (SSSR count). The Morgan fingerprint density at radius 2 is 2.08 bits per heavy atom. The molecule has 3 nitrogen and oxygen atoms in total. The molecular weight excluding hydrogens is 184 g/mol. The van der Waals surface area contributed by atoms with Gasteiger partial charge in [0, 0.05) is 13.0 Å². The molecule has 0 spiro atoms. The van der Waals surface area contributed by atoms with Crippen molar-refractivity contribution in [3.8, 4) is 0 Å². The number of hydrogen-bond acceptors (Lipinski definition) is 2. The molecule has 0 heterocycles. The van der Waals surface area contributed by atoms with Gasteiger partial charge in [0.1, 0.15) is 0 Å². The molecule has 0 unspecified atom stereocenters. The molecule has 0 fully saturated rings. The van der Waals surface area contributed by atoms with E-state index in [0.29, 0.717) is 11.4 Å². The van der Waals surface area contributed by atoms with Crippen LogP contribution in [0.2, 0.25) is 0 Å². The predicted octanol–water partition coefficient (Wildman–Crippen LogP) is 1.36. The molecule has 0 saturated carbocycles. The van der Waals surface area contributed by atoms with Crippen LogP contribution in [0.4, 0.5) is 0 Å². The highest BCUT2D eigenvalue weighted by atomic mass is 32.1. The number of unbranched alkanes of at least 4 members (excludes halogenated alkanes) is 1. The third-order valence-electron chi connectivity index (χ3n) is 1.65. The second-order valence-electron chi connectivity index (χ2n) is 3.02. The third-order valence-corrected chi connectivity index (χ3v) is 1.85. The van der Waals surface area contributed by atoms with Crippen LogP contribution in [0, 0.1) is 0 Å². The number of nitrogens with one attached hydrogen (secondary N) is 1. The Kier molecular flexibility index (Phi) is 7.59. The van der Waals surface area contributed by atoms with Crippen LogP contribution in [-0.4, -0.2) is 17.4 Å². The minimum Gasteiger partial charge on any atom is -0.393 e. The molecule has 0 radical (unpaired) electrons. The average molecular weight is 202 g/mol. The molecule has 0 aliphatic rings. The van der Waals surface area contributed by atoms with Crippen LogP contribution in [-0.2, 0) is 4.79 Å². The van der Waals surface area contributed by atoms with Gasteiger partial charge in [-0.1, -0.05) is 19.1 Å². The first kappa shape index (κ1) is 12.4. The summed E-state index contributed by atoms with van der Waals surface area (Å²) in [6.45, 7) is 2.73. The maximum absolute atomic E-state index is 11.0. The van der Waals surface area contributed by atoms with Gasteiger partial charge in [-0.05, 0) is 25.7 Å². The molecule has 4 heteroatoms. The lowest BCUT2D eigenvalue weighted by atomic mass is 10.2. The van der Waals surface area contributed by atoms with Crippen molar-refractivity contribution in [3.63, 3.8) is 0 Å². The van der Waals surface area contributed by atoms with E-state index in [9.17, 15) is 4.79 Å². The summed E-state index contributed by atoms with van der Waals surface area (Å²) in [4.78, 5) is 11.5. The van der Waals surface area contributed by atoms with Gasteiger partial charge in [0.15, 0.2) is 0 Å². The molecule has 0 aromatic heterocycles. The average Bonchev–Trinajstić information content (AvgIpc) is 2.03. The zero-order valence-electron chi connectivity index (χ0n) is 8.14. The Morgan fingerprint density at radius 3 is 2.62 bits per heavy atom. The number of thiocarbonyl (C=S) groups is 1. The summed E-state index contributed by atoms with van der Waals surface area (Å²) in [5, 5.41) is 2.83. The summed E-state index contributed by atoms with van der Waals surface area (Å²) >= 11 is 4.73. The topological polar surface area (TPSA) is 55.1 Å². The van der Waals surface area contributed by atoms with Gasteiger partial charge in [-0.15, -0.1) is 0 Å². The number of carbonyl (C=O) groups excluding carboxylic acids is 1. The summed E-state index contributed by atoms with van der Waals surface area (Å²) in [7, 11) is 0. The Hall–Kier alpha value is -0.640. The van der Waals surface area contributed by atoms with Gasteiger partial charge < -0.3 is 11.1 Å². The molecule has 0 aromatic rings. The molecule has 0 bridgehead atoms. The lowest BCUT2D eigenvalue weighted by Crippen LogP contribution is -2.24. The summed E-state index contributed by atoms with van der Waals surface area (Å²) in [5.41, 5.74) is 5.33.